The maximum absolute atomic E-state index is 13.7. The highest BCUT2D eigenvalue weighted by Crippen LogP contribution is 2.22. The molecule has 5 rings (SSSR count). The second kappa shape index (κ2) is 11.4. The van der Waals surface area contributed by atoms with Crippen molar-refractivity contribution in [2.45, 2.75) is 31.3 Å². The number of H-pyrrole nitrogens is 1. The number of primary amides is 1. The Balaban J connectivity index is 1.36. The molecule has 0 saturated carbocycles. The molecule has 0 spiro atoms. The van der Waals surface area contributed by atoms with Crippen molar-refractivity contribution in [3.05, 3.63) is 58.4 Å². The van der Waals surface area contributed by atoms with Crippen LogP contribution in [0.5, 0.6) is 0 Å². The number of carbonyl (C=O) groups is 4. The summed E-state index contributed by atoms with van der Waals surface area (Å²) in [5.74, 6) is -1.45. The fraction of sp³-hybridized carbons (Fsp3) is 0.407. The van der Waals surface area contributed by atoms with Gasteiger partial charge in [0.1, 0.15) is 12.1 Å². The Morgan fingerprint density at radius 3 is 2.63 bits per heavy atom. The molecule has 11 heteroatoms. The van der Waals surface area contributed by atoms with E-state index >= 15 is 0 Å². The number of nitrogens with two attached hydrogens (primary N) is 2. The highest BCUT2D eigenvalue weighted by Gasteiger charge is 2.40. The molecule has 3 aromatic rings. The number of nitrogens with zero attached hydrogens (tertiary/aromatic N) is 2. The lowest BCUT2D eigenvalue weighted by molar-refractivity contribution is -0.664. The summed E-state index contributed by atoms with van der Waals surface area (Å²) in [6.07, 6.45) is 3.62. The molecule has 1 aromatic carbocycles. The standard InChI is InChI=1S/C27H32N6O4S/c28-24(34)21(14-18-15-30-20-5-2-1-4-19(18)20)31-25(35)22-16-32(26(36)17-7-9-29-10-8-17)11-12-33(22)27(37)23-6-3-13-38-23/h1-6,13,15,17,21-22,29-30H,7-12,14,16H2,(H2,28,34)(H,31,35)/p+1/t21-,22-/m1/s1. The molecule has 2 aromatic heterocycles. The summed E-state index contributed by atoms with van der Waals surface area (Å²) in [6, 6.07) is 9.31. The van der Waals surface area contributed by atoms with Crippen molar-refractivity contribution in [2.24, 2.45) is 11.7 Å². The number of fused-ring (bicyclic) bond motifs is 1. The molecule has 10 nitrogen and oxygen atoms in total. The quantitative estimate of drug-likeness (QED) is 0.338. The van der Waals surface area contributed by atoms with Crippen LogP contribution >= 0.6 is 11.3 Å². The average Bonchev–Trinajstić information content (AvgIpc) is 3.63. The van der Waals surface area contributed by atoms with E-state index in [1.165, 1.54) is 16.2 Å². The number of para-hydroxylation sites is 1. The van der Waals surface area contributed by atoms with Crippen molar-refractivity contribution in [2.75, 3.05) is 32.7 Å². The minimum Gasteiger partial charge on any atom is -0.368 e. The van der Waals surface area contributed by atoms with Gasteiger partial charge in [-0.2, -0.15) is 0 Å². The Kier molecular flexibility index (Phi) is 7.75. The minimum absolute atomic E-state index is 0.0318. The van der Waals surface area contributed by atoms with E-state index in [4.69, 9.17) is 5.73 Å². The first-order chi connectivity index (χ1) is 18.4. The van der Waals surface area contributed by atoms with Gasteiger partial charge in [-0.05, 0) is 23.1 Å². The van der Waals surface area contributed by atoms with E-state index < -0.39 is 23.9 Å². The van der Waals surface area contributed by atoms with E-state index in [1.807, 2.05) is 35.8 Å². The number of aromatic nitrogens is 1. The Morgan fingerprint density at radius 1 is 1.11 bits per heavy atom. The van der Waals surface area contributed by atoms with E-state index in [0.29, 0.717) is 11.4 Å². The molecule has 4 heterocycles. The molecule has 0 unspecified atom stereocenters. The van der Waals surface area contributed by atoms with Crippen LogP contribution in [-0.4, -0.2) is 83.2 Å². The van der Waals surface area contributed by atoms with Crippen LogP contribution in [0.3, 0.4) is 0 Å². The molecule has 6 N–H and O–H groups in total. The van der Waals surface area contributed by atoms with Crippen LogP contribution in [-0.2, 0) is 20.8 Å². The first-order valence-electron chi connectivity index (χ1n) is 13.0. The summed E-state index contributed by atoms with van der Waals surface area (Å²) in [6.45, 7) is 2.51. The van der Waals surface area contributed by atoms with E-state index in [2.05, 4.69) is 15.6 Å². The third-order valence-corrected chi connectivity index (χ3v) is 8.39. The molecular formula is C27H33N6O4S+. The number of thiophene rings is 1. The largest absolute Gasteiger partial charge is 0.368 e. The molecule has 0 radical (unpaired) electrons. The third-order valence-electron chi connectivity index (χ3n) is 7.53. The normalized spacial score (nSPS) is 19.3. The lowest BCUT2D eigenvalue weighted by Crippen LogP contribution is -2.86. The topological polar surface area (TPSA) is 145 Å². The number of piperazine rings is 1. The first-order valence-corrected chi connectivity index (χ1v) is 13.9. The van der Waals surface area contributed by atoms with Gasteiger partial charge in [-0.25, -0.2) is 0 Å². The van der Waals surface area contributed by atoms with E-state index in [-0.39, 0.29) is 37.2 Å². The van der Waals surface area contributed by atoms with Gasteiger partial charge in [-0.15, -0.1) is 11.3 Å². The van der Waals surface area contributed by atoms with Crippen molar-refractivity contribution in [1.82, 2.24) is 20.1 Å². The van der Waals surface area contributed by atoms with Gasteiger partial charge in [0.15, 0.2) is 0 Å². The van der Waals surface area contributed by atoms with Crippen LogP contribution in [0, 0.1) is 5.92 Å². The van der Waals surface area contributed by atoms with Crippen LogP contribution in [0.2, 0.25) is 0 Å². The highest BCUT2D eigenvalue weighted by atomic mass is 32.1. The van der Waals surface area contributed by atoms with Crippen LogP contribution in [0.25, 0.3) is 10.9 Å². The van der Waals surface area contributed by atoms with Crippen LogP contribution in [0.4, 0.5) is 0 Å². The van der Waals surface area contributed by atoms with Gasteiger partial charge in [-0.1, -0.05) is 24.3 Å². The Hall–Kier alpha value is -3.70. The number of quaternary nitrogens is 1. The zero-order valence-electron chi connectivity index (χ0n) is 21.1. The zero-order chi connectivity index (χ0) is 26.6. The Bertz CT molecular complexity index is 1320. The average molecular weight is 538 g/mol. The number of amides is 4. The molecule has 2 aliphatic rings. The van der Waals surface area contributed by atoms with Gasteiger partial charge in [0.05, 0.1) is 24.5 Å². The van der Waals surface area contributed by atoms with Crippen molar-refractivity contribution >= 4 is 45.9 Å². The summed E-state index contributed by atoms with van der Waals surface area (Å²) in [7, 11) is 0. The lowest BCUT2D eigenvalue weighted by atomic mass is 9.95. The fourth-order valence-electron chi connectivity index (χ4n) is 5.44. The number of aromatic amines is 1. The number of hydrogen-bond acceptors (Lipinski definition) is 5. The number of nitrogens with one attached hydrogen (secondary N) is 2. The molecule has 2 aliphatic heterocycles. The molecule has 38 heavy (non-hydrogen) atoms. The van der Waals surface area contributed by atoms with Gasteiger partial charge in [0.2, 0.25) is 17.7 Å². The number of benzene rings is 1. The maximum Gasteiger partial charge on any atom is 0.264 e. The smallest absolute Gasteiger partial charge is 0.264 e. The summed E-state index contributed by atoms with van der Waals surface area (Å²) >= 11 is 1.31. The van der Waals surface area contributed by atoms with Gasteiger partial charge >= 0.3 is 0 Å². The SMILES string of the molecule is NC(=O)[C@@H](Cc1c[nH]c2ccccc12)NC(=O)[C@H]1CN(C(=O)C2CC[NH2+]CC2)CCN1C(=O)c1cccs1. The van der Waals surface area contributed by atoms with Crippen LogP contribution in [0.1, 0.15) is 28.1 Å². The molecule has 2 fully saturated rings. The summed E-state index contributed by atoms with van der Waals surface area (Å²) in [5, 5.41) is 7.76. The van der Waals surface area contributed by atoms with Crippen LogP contribution in [0.15, 0.2) is 48.0 Å². The number of hydrogen-bond donors (Lipinski definition) is 4. The Labute approximate surface area is 224 Å². The van der Waals surface area contributed by atoms with Crippen molar-refractivity contribution in [3.63, 3.8) is 0 Å². The van der Waals surface area contributed by atoms with Crippen molar-refractivity contribution < 1.29 is 24.5 Å². The van der Waals surface area contributed by atoms with Gasteiger partial charge in [0.25, 0.3) is 5.91 Å². The minimum atomic E-state index is -0.972. The zero-order valence-corrected chi connectivity index (χ0v) is 21.9. The molecular weight excluding hydrogens is 504 g/mol. The maximum atomic E-state index is 13.7. The van der Waals surface area contributed by atoms with E-state index in [0.717, 1.165) is 42.4 Å². The lowest BCUT2D eigenvalue weighted by Gasteiger charge is -2.42. The second-order valence-corrected chi connectivity index (χ2v) is 10.9. The van der Waals surface area contributed by atoms with Gasteiger partial charge < -0.3 is 31.2 Å². The molecule has 200 valence electrons. The van der Waals surface area contributed by atoms with Crippen molar-refractivity contribution in [3.8, 4) is 0 Å². The van der Waals surface area contributed by atoms with E-state index in [9.17, 15) is 19.2 Å². The molecule has 0 aliphatic carbocycles. The van der Waals surface area contributed by atoms with Gasteiger partial charge in [-0.3, -0.25) is 19.2 Å². The van der Waals surface area contributed by atoms with Crippen LogP contribution < -0.4 is 16.4 Å². The molecule has 2 saturated heterocycles. The molecule has 2 atom stereocenters. The summed E-state index contributed by atoms with van der Waals surface area (Å²) in [5.41, 5.74) is 7.48. The molecule has 4 amide bonds. The van der Waals surface area contributed by atoms with Gasteiger partial charge in [0, 0.05) is 55.4 Å². The summed E-state index contributed by atoms with van der Waals surface area (Å²) in [4.78, 5) is 59.6. The number of rotatable bonds is 7. The highest BCUT2D eigenvalue weighted by molar-refractivity contribution is 7.12. The number of carbonyl (C=O) groups excluding carboxylic acids is 4. The van der Waals surface area contributed by atoms with E-state index in [1.54, 1.807) is 17.0 Å². The summed E-state index contributed by atoms with van der Waals surface area (Å²) < 4.78 is 0. The fourth-order valence-corrected chi connectivity index (χ4v) is 6.11. The molecule has 0 bridgehead atoms. The van der Waals surface area contributed by atoms with Crippen molar-refractivity contribution in [1.29, 1.82) is 0 Å². The first kappa shape index (κ1) is 25.9. The second-order valence-electron chi connectivity index (χ2n) is 9.94. The third kappa shape index (κ3) is 5.44. The number of piperidine rings is 1. The predicted octanol–water partition coefficient (Wildman–Crippen LogP) is 0.0686. The predicted molar refractivity (Wildman–Crippen MR) is 143 cm³/mol. The Morgan fingerprint density at radius 2 is 1.89 bits per heavy atom. The monoisotopic (exact) mass is 537 g/mol.